The molecule has 8 heteroatoms. The molecule has 1 aromatic rings. The molecule has 3 rings (SSSR count). The molecule has 0 aliphatic carbocycles. The number of nitrogens with zero attached hydrogens (tertiary/aromatic N) is 5. The highest BCUT2D eigenvalue weighted by Gasteiger charge is 2.35. The van der Waals surface area contributed by atoms with E-state index in [0.29, 0.717) is 19.6 Å². The fraction of sp³-hybridized carbons (Fsp3) is 0.667. The van der Waals surface area contributed by atoms with Crippen molar-refractivity contribution in [2.75, 3.05) is 37.6 Å². The third-order valence-corrected chi connectivity index (χ3v) is 4.70. The predicted molar refractivity (Wildman–Crippen MR) is 85.9 cm³/mol. The number of aromatic nitrogens is 2. The maximum Gasteiger partial charge on any atom is 0.314 e. The Morgan fingerprint density at radius 2 is 2.04 bits per heavy atom. The molecule has 8 nitrogen and oxygen atoms in total. The van der Waals surface area contributed by atoms with Gasteiger partial charge in [-0.3, -0.25) is 14.4 Å². The van der Waals surface area contributed by atoms with E-state index in [1.807, 2.05) is 18.1 Å². The number of nitrogens with two attached hydrogens (primary N) is 1. The number of carbonyl (C=O) groups is 2. The number of urea groups is 1. The summed E-state index contributed by atoms with van der Waals surface area (Å²) in [5.41, 5.74) is 6.23. The van der Waals surface area contributed by atoms with Gasteiger partial charge in [0.25, 0.3) is 0 Å². The van der Waals surface area contributed by atoms with Crippen molar-refractivity contribution in [2.45, 2.75) is 25.3 Å². The average molecular weight is 320 g/mol. The molecule has 3 amide bonds. The number of primary amides is 1. The van der Waals surface area contributed by atoms with Crippen molar-refractivity contribution < 1.29 is 9.59 Å². The van der Waals surface area contributed by atoms with Crippen molar-refractivity contribution in [3.05, 3.63) is 12.4 Å². The first-order chi connectivity index (χ1) is 11.1. The van der Waals surface area contributed by atoms with Crippen LogP contribution in [0.15, 0.2) is 12.4 Å². The van der Waals surface area contributed by atoms with Gasteiger partial charge in [-0.1, -0.05) is 0 Å². The van der Waals surface area contributed by atoms with E-state index < -0.39 is 0 Å². The van der Waals surface area contributed by atoms with E-state index in [1.54, 1.807) is 15.8 Å². The van der Waals surface area contributed by atoms with Crippen LogP contribution in [0.4, 0.5) is 10.5 Å². The number of hydrogen-bond donors (Lipinski definition) is 1. The van der Waals surface area contributed by atoms with E-state index in [0.717, 1.165) is 38.0 Å². The van der Waals surface area contributed by atoms with Gasteiger partial charge < -0.3 is 15.5 Å². The second-order valence-electron chi connectivity index (χ2n) is 6.23. The van der Waals surface area contributed by atoms with Crippen LogP contribution in [0.3, 0.4) is 0 Å². The van der Waals surface area contributed by atoms with Crippen LogP contribution in [0.25, 0.3) is 0 Å². The van der Waals surface area contributed by atoms with Crippen LogP contribution >= 0.6 is 0 Å². The lowest BCUT2D eigenvalue weighted by Gasteiger charge is -2.37. The van der Waals surface area contributed by atoms with Gasteiger partial charge in [0.15, 0.2) is 0 Å². The summed E-state index contributed by atoms with van der Waals surface area (Å²) in [6.07, 6.45) is 6.29. The van der Waals surface area contributed by atoms with E-state index in [9.17, 15) is 9.59 Å². The fourth-order valence-corrected chi connectivity index (χ4v) is 3.47. The maximum atomic E-state index is 12.9. The number of carbonyl (C=O) groups excluding carboxylic acids is 2. The monoisotopic (exact) mass is 320 g/mol. The summed E-state index contributed by atoms with van der Waals surface area (Å²) >= 11 is 0. The lowest BCUT2D eigenvalue weighted by molar-refractivity contribution is -0.125. The SMILES string of the molecule is Cn1cc(N2CCCC(N3CCCN(C(N)=O)CC3)C2=O)cn1. The summed E-state index contributed by atoms with van der Waals surface area (Å²) in [5.74, 6) is 0.136. The third kappa shape index (κ3) is 3.31. The van der Waals surface area contributed by atoms with Gasteiger partial charge in [0.1, 0.15) is 0 Å². The van der Waals surface area contributed by atoms with Gasteiger partial charge in [-0.2, -0.15) is 5.10 Å². The molecule has 3 heterocycles. The summed E-state index contributed by atoms with van der Waals surface area (Å²) in [5, 5.41) is 4.16. The van der Waals surface area contributed by atoms with Crippen LogP contribution in [0.5, 0.6) is 0 Å². The van der Waals surface area contributed by atoms with E-state index in [2.05, 4.69) is 10.00 Å². The molecular formula is C15H24N6O2. The molecule has 0 spiro atoms. The Hall–Kier alpha value is -2.09. The molecule has 1 unspecified atom stereocenters. The lowest BCUT2D eigenvalue weighted by atomic mass is 10.0. The van der Waals surface area contributed by atoms with Gasteiger partial charge in [-0.15, -0.1) is 0 Å². The van der Waals surface area contributed by atoms with Crippen molar-refractivity contribution in [2.24, 2.45) is 12.8 Å². The molecule has 2 N–H and O–H groups in total. The largest absolute Gasteiger partial charge is 0.351 e. The first-order valence-electron chi connectivity index (χ1n) is 8.14. The number of rotatable bonds is 2. The minimum absolute atomic E-state index is 0.114. The highest BCUT2D eigenvalue weighted by atomic mass is 16.2. The topological polar surface area (TPSA) is 87.7 Å². The molecule has 2 fully saturated rings. The van der Waals surface area contributed by atoms with Crippen LogP contribution in [0.1, 0.15) is 19.3 Å². The summed E-state index contributed by atoms with van der Waals surface area (Å²) in [7, 11) is 1.85. The summed E-state index contributed by atoms with van der Waals surface area (Å²) in [6.45, 7) is 3.51. The highest BCUT2D eigenvalue weighted by molar-refractivity contribution is 5.97. The van der Waals surface area contributed by atoms with Gasteiger partial charge in [-0.25, -0.2) is 4.79 Å². The second kappa shape index (κ2) is 6.57. The molecule has 0 aromatic carbocycles. The molecule has 1 atom stereocenters. The Bertz CT molecular complexity index is 586. The van der Waals surface area contributed by atoms with Gasteiger partial charge in [0.2, 0.25) is 5.91 Å². The minimum atomic E-state index is -0.376. The van der Waals surface area contributed by atoms with Crippen LogP contribution < -0.4 is 10.6 Å². The van der Waals surface area contributed by atoms with Gasteiger partial charge >= 0.3 is 6.03 Å². The molecular weight excluding hydrogens is 296 g/mol. The van der Waals surface area contributed by atoms with Gasteiger partial charge in [-0.05, 0) is 19.3 Å². The molecule has 0 bridgehead atoms. The zero-order valence-corrected chi connectivity index (χ0v) is 13.5. The van der Waals surface area contributed by atoms with E-state index in [4.69, 9.17) is 5.73 Å². The van der Waals surface area contributed by atoms with Crippen molar-refractivity contribution in [3.63, 3.8) is 0 Å². The lowest BCUT2D eigenvalue weighted by Crippen LogP contribution is -2.53. The Morgan fingerprint density at radius 1 is 1.22 bits per heavy atom. The normalized spacial score (nSPS) is 23.9. The molecule has 2 saturated heterocycles. The zero-order valence-electron chi connectivity index (χ0n) is 13.5. The Morgan fingerprint density at radius 3 is 2.74 bits per heavy atom. The number of hydrogen-bond acceptors (Lipinski definition) is 4. The van der Waals surface area contributed by atoms with E-state index in [-0.39, 0.29) is 18.0 Å². The molecule has 2 aliphatic rings. The van der Waals surface area contributed by atoms with Gasteiger partial charge in [0, 0.05) is 46.0 Å². The smallest absolute Gasteiger partial charge is 0.314 e. The number of piperidine rings is 1. The van der Waals surface area contributed by atoms with Crippen molar-refractivity contribution in [1.82, 2.24) is 19.6 Å². The molecule has 23 heavy (non-hydrogen) atoms. The Kier molecular flexibility index (Phi) is 4.51. The zero-order chi connectivity index (χ0) is 16.4. The van der Waals surface area contributed by atoms with Gasteiger partial charge in [0.05, 0.1) is 17.9 Å². The van der Waals surface area contributed by atoms with E-state index >= 15 is 0 Å². The second-order valence-corrected chi connectivity index (χ2v) is 6.23. The minimum Gasteiger partial charge on any atom is -0.351 e. The predicted octanol–water partition coefficient (Wildman–Crippen LogP) is 0.00190. The average Bonchev–Trinajstić information content (AvgIpc) is 2.81. The number of anilines is 1. The van der Waals surface area contributed by atoms with Crippen molar-refractivity contribution in [1.29, 1.82) is 0 Å². The number of aryl methyl sites for hydroxylation is 1. The standard InChI is InChI=1S/C15H24N6O2/c1-18-11-12(10-17-18)21-7-2-4-13(14(21)22)19-5-3-6-20(9-8-19)15(16)23/h10-11,13H,2-9H2,1H3,(H2,16,23). The Labute approximate surface area is 135 Å². The Balaban J connectivity index is 1.69. The maximum absolute atomic E-state index is 12.9. The molecule has 126 valence electrons. The van der Waals surface area contributed by atoms with Crippen molar-refractivity contribution in [3.8, 4) is 0 Å². The summed E-state index contributed by atoms with van der Waals surface area (Å²) in [4.78, 5) is 29.9. The van der Waals surface area contributed by atoms with Crippen LogP contribution in [-0.2, 0) is 11.8 Å². The number of amides is 3. The van der Waals surface area contributed by atoms with E-state index in [1.165, 1.54) is 0 Å². The quantitative estimate of drug-likeness (QED) is 0.831. The summed E-state index contributed by atoms with van der Waals surface area (Å²) in [6, 6.07) is -0.490. The molecule has 0 radical (unpaired) electrons. The molecule has 2 aliphatic heterocycles. The first kappa shape index (κ1) is 15.8. The van der Waals surface area contributed by atoms with Crippen LogP contribution in [0, 0.1) is 0 Å². The first-order valence-corrected chi connectivity index (χ1v) is 8.14. The molecule has 1 aromatic heterocycles. The third-order valence-electron chi connectivity index (χ3n) is 4.70. The molecule has 0 saturated carbocycles. The highest BCUT2D eigenvalue weighted by Crippen LogP contribution is 2.24. The van der Waals surface area contributed by atoms with Crippen molar-refractivity contribution >= 4 is 17.6 Å². The fourth-order valence-electron chi connectivity index (χ4n) is 3.47. The summed E-state index contributed by atoms with van der Waals surface area (Å²) < 4.78 is 1.71. The van der Waals surface area contributed by atoms with Crippen LogP contribution in [-0.4, -0.2) is 70.3 Å². The van der Waals surface area contributed by atoms with Crippen LogP contribution in [0.2, 0.25) is 0 Å².